The van der Waals surface area contributed by atoms with Crippen molar-refractivity contribution in [1.82, 2.24) is 9.55 Å². The number of hydrogen-bond donors (Lipinski definition) is 1. The third-order valence-corrected chi connectivity index (χ3v) is 2.85. The Morgan fingerprint density at radius 3 is 2.82 bits per heavy atom. The molecule has 0 unspecified atom stereocenters. The van der Waals surface area contributed by atoms with Gasteiger partial charge in [0.15, 0.2) is 0 Å². The quantitative estimate of drug-likeness (QED) is 0.943. The fourth-order valence-electron chi connectivity index (χ4n) is 1.49. The van der Waals surface area contributed by atoms with Gasteiger partial charge in [-0.15, -0.1) is 0 Å². The van der Waals surface area contributed by atoms with E-state index in [2.05, 4.69) is 26.2 Å². The predicted molar refractivity (Wildman–Crippen MR) is 71.3 cm³/mol. The summed E-state index contributed by atoms with van der Waals surface area (Å²) in [6, 6.07) is 7.12. The van der Waals surface area contributed by atoms with Crippen LogP contribution in [0.2, 0.25) is 0 Å². The fourth-order valence-corrected chi connectivity index (χ4v) is 1.87. The van der Waals surface area contributed by atoms with Crippen molar-refractivity contribution < 1.29 is 0 Å². The summed E-state index contributed by atoms with van der Waals surface area (Å²) in [5.74, 6) is 0.815. The first-order chi connectivity index (χ1) is 8.19. The van der Waals surface area contributed by atoms with Crippen molar-refractivity contribution in [3.05, 3.63) is 57.0 Å². The third-order valence-electron chi connectivity index (χ3n) is 2.38. The lowest BCUT2D eigenvalue weighted by molar-refractivity contribution is 0.753. The van der Waals surface area contributed by atoms with Gasteiger partial charge in [-0.3, -0.25) is 4.79 Å². The molecule has 1 N–H and O–H groups in total. The number of hydrogen-bond acceptors (Lipinski definition) is 3. The summed E-state index contributed by atoms with van der Waals surface area (Å²) < 4.78 is 2.53. The van der Waals surface area contributed by atoms with Gasteiger partial charge in [-0.2, -0.15) is 0 Å². The molecule has 4 nitrogen and oxygen atoms in total. The molecule has 5 heteroatoms. The van der Waals surface area contributed by atoms with Gasteiger partial charge in [-0.25, -0.2) is 4.98 Å². The van der Waals surface area contributed by atoms with Crippen LogP contribution in [0.1, 0.15) is 5.56 Å². The predicted octanol–water partition coefficient (Wildman–Crippen LogP) is 2.10. The maximum Gasteiger partial charge on any atom is 0.250 e. The summed E-state index contributed by atoms with van der Waals surface area (Å²) in [5.41, 5.74) is 0.968. The van der Waals surface area contributed by atoms with Gasteiger partial charge < -0.3 is 9.88 Å². The number of halogens is 1. The van der Waals surface area contributed by atoms with Crippen LogP contribution in [0.5, 0.6) is 0 Å². The van der Waals surface area contributed by atoms with E-state index in [4.69, 9.17) is 0 Å². The molecule has 2 heterocycles. The monoisotopic (exact) mass is 293 g/mol. The molecule has 0 radical (unpaired) electrons. The molecule has 17 heavy (non-hydrogen) atoms. The average molecular weight is 294 g/mol. The molecule has 2 rings (SSSR count). The van der Waals surface area contributed by atoms with E-state index in [0.717, 1.165) is 15.9 Å². The Bertz CT molecular complexity index is 563. The number of aromatic nitrogens is 2. The van der Waals surface area contributed by atoms with E-state index in [9.17, 15) is 4.79 Å². The molecule has 0 aromatic carbocycles. The average Bonchev–Trinajstić information content (AvgIpc) is 2.35. The van der Waals surface area contributed by atoms with Gasteiger partial charge in [0.25, 0.3) is 5.56 Å². The van der Waals surface area contributed by atoms with Crippen molar-refractivity contribution in [2.24, 2.45) is 0 Å². The lowest BCUT2D eigenvalue weighted by atomic mass is 10.2. The highest BCUT2D eigenvalue weighted by molar-refractivity contribution is 9.10. The smallest absolute Gasteiger partial charge is 0.250 e. The van der Waals surface area contributed by atoms with Crippen molar-refractivity contribution >= 4 is 21.7 Å². The van der Waals surface area contributed by atoms with Crippen LogP contribution in [0.15, 0.2) is 45.9 Å². The Morgan fingerprint density at radius 1 is 1.35 bits per heavy atom. The van der Waals surface area contributed by atoms with Crippen molar-refractivity contribution in [1.29, 1.82) is 0 Å². The topological polar surface area (TPSA) is 46.9 Å². The maximum atomic E-state index is 11.6. The van der Waals surface area contributed by atoms with E-state index in [1.807, 2.05) is 19.2 Å². The van der Waals surface area contributed by atoms with E-state index >= 15 is 0 Å². The zero-order chi connectivity index (χ0) is 12.3. The zero-order valence-corrected chi connectivity index (χ0v) is 10.9. The summed E-state index contributed by atoms with van der Waals surface area (Å²) in [6.07, 6.45) is 3.54. The van der Waals surface area contributed by atoms with Crippen LogP contribution in [-0.4, -0.2) is 16.6 Å². The largest absolute Gasteiger partial charge is 0.373 e. The molecule has 2 aromatic rings. The van der Waals surface area contributed by atoms with Crippen LogP contribution in [0.25, 0.3) is 0 Å². The molecule has 0 aliphatic carbocycles. The highest BCUT2D eigenvalue weighted by Gasteiger charge is 1.99. The molecule has 0 fully saturated rings. The fraction of sp³-hybridized carbons (Fsp3) is 0.167. The summed E-state index contributed by atoms with van der Waals surface area (Å²) >= 11 is 3.35. The molecule has 88 valence electrons. The summed E-state index contributed by atoms with van der Waals surface area (Å²) in [4.78, 5) is 15.8. The molecular weight excluding hydrogens is 282 g/mol. The lowest BCUT2D eigenvalue weighted by Crippen LogP contribution is -2.18. The summed E-state index contributed by atoms with van der Waals surface area (Å²) in [5, 5.41) is 2.95. The maximum absolute atomic E-state index is 11.6. The first-order valence-electron chi connectivity index (χ1n) is 5.18. The molecule has 0 saturated heterocycles. The molecule has 0 spiro atoms. The molecule has 0 aliphatic rings. The van der Waals surface area contributed by atoms with Gasteiger partial charge in [-0.05, 0) is 33.6 Å². The van der Waals surface area contributed by atoms with E-state index in [1.165, 1.54) is 0 Å². The molecule has 0 amide bonds. The van der Waals surface area contributed by atoms with Gasteiger partial charge in [-0.1, -0.05) is 6.07 Å². The minimum Gasteiger partial charge on any atom is -0.373 e. The van der Waals surface area contributed by atoms with Crippen molar-refractivity contribution in [3.8, 4) is 0 Å². The van der Waals surface area contributed by atoms with E-state index < -0.39 is 0 Å². The number of anilines is 1. The number of nitrogens with one attached hydrogen (secondary N) is 1. The number of pyridine rings is 2. The minimum atomic E-state index is -0.0223. The number of rotatable bonds is 3. The van der Waals surface area contributed by atoms with Crippen molar-refractivity contribution in [2.45, 2.75) is 6.54 Å². The Morgan fingerprint density at radius 2 is 2.18 bits per heavy atom. The number of nitrogens with zero attached hydrogens (tertiary/aromatic N) is 2. The van der Waals surface area contributed by atoms with Crippen molar-refractivity contribution in [2.75, 3.05) is 12.4 Å². The Balaban J connectivity index is 2.25. The van der Waals surface area contributed by atoms with Crippen LogP contribution in [0.3, 0.4) is 0 Å². The Hall–Kier alpha value is -1.62. The summed E-state index contributed by atoms with van der Waals surface area (Å²) in [6.45, 7) is 0.523. The summed E-state index contributed by atoms with van der Waals surface area (Å²) in [7, 11) is 1.82. The standard InChI is InChI=1S/C12H12BrN3O/c1-14-11-4-2-9(6-15-11)7-16-8-10(13)3-5-12(16)17/h2-6,8H,7H2,1H3,(H,14,15). The van der Waals surface area contributed by atoms with Crippen LogP contribution >= 0.6 is 15.9 Å². The van der Waals surface area contributed by atoms with E-state index in [-0.39, 0.29) is 5.56 Å². The van der Waals surface area contributed by atoms with Gasteiger partial charge in [0.2, 0.25) is 0 Å². The molecule has 0 bridgehead atoms. The van der Waals surface area contributed by atoms with Crippen LogP contribution in [0.4, 0.5) is 5.82 Å². The van der Waals surface area contributed by atoms with Crippen molar-refractivity contribution in [3.63, 3.8) is 0 Å². The van der Waals surface area contributed by atoms with Gasteiger partial charge in [0.1, 0.15) is 5.82 Å². The van der Waals surface area contributed by atoms with Gasteiger partial charge in [0.05, 0.1) is 6.54 Å². The molecule has 0 aliphatic heterocycles. The highest BCUT2D eigenvalue weighted by atomic mass is 79.9. The first-order valence-corrected chi connectivity index (χ1v) is 5.97. The molecule has 0 saturated carbocycles. The molecule has 0 atom stereocenters. The first kappa shape index (κ1) is 11.9. The Labute approximate surface area is 107 Å². The van der Waals surface area contributed by atoms with Gasteiger partial charge >= 0.3 is 0 Å². The van der Waals surface area contributed by atoms with Gasteiger partial charge in [0, 0.05) is 30.0 Å². The second-order valence-corrected chi connectivity index (χ2v) is 4.53. The minimum absolute atomic E-state index is 0.0223. The SMILES string of the molecule is CNc1ccc(Cn2cc(Br)ccc2=O)cn1. The van der Waals surface area contributed by atoms with E-state index in [0.29, 0.717) is 6.54 Å². The second kappa shape index (κ2) is 5.14. The van der Waals surface area contributed by atoms with Crippen LogP contribution in [-0.2, 0) is 6.54 Å². The third kappa shape index (κ3) is 2.94. The molecule has 2 aromatic heterocycles. The lowest BCUT2D eigenvalue weighted by Gasteiger charge is -2.06. The zero-order valence-electron chi connectivity index (χ0n) is 9.35. The molecular formula is C12H12BrN3O. The van der Waals surface area contributed by atoms with Crippen LogP contribution < -0.4 is 10.9 Å². The highest BCUT2D eigenvalue weighted by Crippen LogP contribution is 2.08. The van der Waals surface area contributed by atoms with E-state index in [1.54, 1.807) is 29.1 Å². The Kier molecular flexibility index (Phi) is 3.58. The second-order valence-electron chi connectivity index (χ2n) is 3.62. The van der Waals surface area contributed by atoms with Crippen LogP contribution in [0, 0.1) is 0 Å². The normalized spacial score (nSPS) is 10.2.